The Balaban J connectivity index is -0.0000000348. The fraction of sp³-hybridized carbons (Fsp3) is 0.286. The van der Waals surface area contributed by atoms with Crippen LogP contribution in [0.1, 0.15) is 27.7 Å². The molecule has 0 aliphatic carbocycles. The molecule has 14 nitrogen and oxygen atoms in total. The molecule has 0 fully saturated rings. The summed E-state index contributed by atoms with van der Waals surface area (Å²) in [6.07, 6.45) is 0. The van der Waals surface area contributed by atoms with E-state index in [1.54, 1.807) is 0 Å². The summed E-state index contributed by atoms with van der Waals surface area (Å²) in [5.74, 6) is -3.33. The van der Waals surface area contributed by atoms with E-state index in [0.29, 0.717) is 0 Å². The molecule has 0 amide bonds. The van der Waals surface area contributed by atoms with Crippen LogP contribution in [0.15, 0.2) is 0 Å². The van der Waals surface area contributed by atoms with Gasteiger partial charge in [0.25, 0.3) is 23.9 Å². The van der Waals surface area contributed by atoms with Crippen LogP contribution in [0.2, 0.25) is 0 Å². The van der Waals surface area contributed by atoms with Gasteiger partial charge in [0.1, 0.15) is 0 Å². The average Bonchev–Trinajstić information content (AvgIpc) is 2.58. The molecule has 0 saturated heterocycles. The Kier molecular flexibility index (Phi) is 52.9. The average molecular weight is 782 g/mol. The van der Waals surface area contributed by atoms with Gasteiger partial charge in [-0.1, -0.05) is 0 Å². The maximum atomic E-state index is 9.00. The number of nitriles is 6. The summed E-state index contributed by atoms with van der Waals surface area (Å²) < 4.78 is 0. The van der Waals surface area contributed by atoms with E-state index in [9.17, 15) is 0 Å². The molecule has 0 aromatic carbocycles. The number of carbonyl (C=O) groups is 4. The molecule has 0 heterocycles. The van der Waals surface area contributed by atoms with E-state index in [4.69, 9.17) is 71.2 Å². The first-order valence-electron chi connectivity index (χ1n) is 6.11. The van der Waals surface area contributed by atoms with Crippen molar-refractivity contribution in [1.82, 2.24) is 0 Å². The van der Waals surface area contributed by atoms with Gasteiger partial charge in [0, 0.05) is 27.7 Å². The van der Waals surface area contributed by atoms with Crippen molar-refractivity contribution in [3.63, 3.8) is 0 Å². The second kappa shape index (κ2) is 29.4. The number of aliphatic carboxylic acids is 4. The van der Waals surface area contributed by atoms with Crippen LogP contribution in [-0.4, -0.2) is 226 Å². The molecule has 0 spiro atoms. The molecule has 170 valence electrons. The first kappa shape index (κ1) is 59.3. The van der Waals surface area contributed by atoms with Gasteiger partial charge in [-0.25, -0.2) is 0 Å². The first-order valence-corrected chi connectivity index (χ1v) is 9.43. The monoisotopic (exact) mass is 782 g/mol. The van der Waals surface area contributed by atoms with Crippen molar-refractivity contribution in [2.75, 3.05) is 0 Å². The van der Waals surface area contributed by atoms with Crippen LogP contribution in [-0.2, 0) is 29.9 Å². The van der Waals surface area contributed by atoms with Crippen molar-refractivity contribution in [2.45, 2.75) is 27.7 Å². The van der Waals surface area contributed by atoms with Crippen LogP contribution in [0.3, 0.4) is 0 Å². The Morgan fingerprint density at radius 2 is 0.545 bits per heavy atom. The summed E-state index contributed by atoms with van der Waals surface area (Å²) in [6, 6.07) is 0. The summed E-state index contributed by atoms with van der Waals surface area (Å²) in [5.41, 5.74) is 0. The third kappa shape index (κ3) is 33.2. The fourth-order valence-corrected chi connectivity index (χ4v) is 1.09. The second-order valence-corrected chi connectivity index (χ2v) is 9.50. The number of rotatable bonds is 0. The standard InChI is InChI=1S/4C2H4O2.6CN.Fe.3K.Pb.5H/c4*1-2(3)4;6*1-2;;;;;;;;;;/h4*1H3,(H,3,4);;;;;;;;;;;;;;;;. The normalized spacial score (nSPS) is 8.30. The van der Waals surface area contributed by atoms with Crippen LogP contribution in [0.4, 0.5) is 0 Å². The molecule has 0 rings (SSSR count). The summed E-state index contributed by atoms with van der Waals surface area (Å²) in [6.45, 7) is 4.33. The van der Waals surface area contributed by atoms with Crippen molar-refractivity contribution < 1.29 is 50.3 Å². The van der Waals surface area contributed by atoms with Crippen LogP contribution < -0.4 is 0 Å². The van der Waals surface area contributed by atoms with Gasteiger partial charge in [-0.3, -0.25) is 19.2 Å². The Morgan fingerprint density at radius 1 is 0.485 bits per heavy atom. The Morgan fingerprint density at radius 3 is 0.545 bits per heavy atom. The zero-order valence-electron chi connectivity index (χ0n) is 16.2. The van der Waals surface area contributed by atoms with Gasteiger partial charge in [-0.2, -0.15) is 0 Å². The predicted molar refractivity (Wildman–Crippen MR) is 117 cm³/mol. The van der Waals surface area contributed by atoms with E-state index < -0.39 is 34.6 Å². The van der Waals surface area contributed by atoms with Gasteiger partial charge >= 0.3 is 254 Å². The van der Waals surface area contributed by atoms with Crippen molar-refractivity contribution in [3.8, 4) is 29.8 Å². The Bertz CT molecular complexity index is 714. The molecule has 0 saturated carbocycles. The fourth-order valence-electron chi connectivity index (χ4n) is 0.265. The van der Waals surface area contributed by atoms with E-state index in [1.807, 2.05) is 0 Å². The minimum atomic E-state index is -6.17. The molecule has 0 aliphatic heterocycles. The molecule has 0 unspecified atom stereocenters. The Hall–Kier alpha value is 1.17. The Labute approximate surface area is 336 Å². The number of hydrogen-bond donors (Lipinski definition) is 4. The molecular formula is C14H21FeK3N6O8Pb. The molecule has 0 bridgehead atoms. The maximum absolute atomic E-state index is 9.00. The summed E-state index contributed by atoms with van der Waals surface area (Å²) in [5, 5.41) is 81.1. The van der Waals surface area contributed by atoms with E-state index in [-0.39, 0.29) is 181 Å². The van der Waals surface area contributed by atoms with Crippen LogP contribution >= 0.6 is 0 Å². The molecule has 0 aromatic heterocycles. The zero-order chi connectivity index (χ0) is 25.0. The van der Waals surface area contributed by atoms with E-state index in [0.717, 1.165) is 57.5 Å². The van der Waals surface area contributed by atoms with Crippen LogP contribution in [0.5, 0.6) is 0 Å². The van der Waals surface area contributed by atoms with Crippen molar-refractivity contribution >= 4 is 205 Å². The van der Waals surface area contributed by atoms with Gasteiger partial charge in [0.05, 0.1) is 0 Å². The topological polar surface area (TPSA) is 292 Å². The molecule has 33 heavy (non-hydrogen) atoms. The number of carboxylic acid groups (broad SMARTS) is 4. The van der Waals surface area contributed by atoms with Crippen molar-refractivity contribution in [2.24, 2.45) is 0 Å². The van der Waals surface area contributed by atoms with E-state index in [1.165, 1.54) is 0 Å². The van der Waals surface area contributed by atoms with Gasteiger partial charge in [0.2, 0.25) is 0 Å². The summed E-state index contributed by atoms with van der Waals surface area (Å²) in [4.78, 5) is 42.2. The molecule has 2 radical (unpaired) electrons. The van der Waals surface area contributed by atoms with E-state index in [2.05, 4.69) is 0 Å². The van der Waals surface area contributed by atoms with Gasteiger partial charge in [-0.05, 0) is 0 Å². The van der Waals surface area contributed by atoms with Crippen LogP contribution in [0.25, 0.3) is 0 Å². The van der Waals surface area contributed by atoms with E-state index >= 15 is 0 Å². The molecule has 0 atom stereocenters. The SMILES string of the molecule is CC(=O)O.CC(=O)O.CC(=O)O.CC(=O)O.N#[C][Fe]([C]#N)([C]#N)([C]#N)([C]#N)[C]#N.[KH].[KH].[KH].[PbH2]. The summed E-state index contributed by atoms with van der Waals surface area (Å²) >= 11 is 0. The molecule has 0 aliphatic rings. The van der Waals surface area contributed by atoms with Crippen molar-refractivity contribution in [3.05, 3.63) is 0 Å². The predicted octanol–water partition coefficient (Wildman–Crippen LogP) is -2.40. The number of nitrogens with zero attached hydrogens (tertiary/aromatic N) is 6. The second-order valence-electron chi connectivity index (χ2n) is 3.88. The van der Waals surface area contributed by atoms with Crippen LogP contribution in [0, 0.1) is 61.4 Å². The summed E-state index contributed by atoms with van der Waals surface area (Å²) in [7, 11) is -6.17. The van der Waals surface area contributed by atoms with Gasteiger partial charge < -0.3 is 20.4 Å². The molecule has 0 aromatic rings. The number of carboxylic acids is 4. The molecular weight excluding hydrogens is 761 g/mol. The number of hydrogen-bond acceptors (Lipinski definition) is 10. The molecule has 19 heteroatoms. The third-order valence-electron chi connectivity index (χ3n) is 1.19. The van der Waals surface area contributed by atoms with Gasteiger partial charge in [0.15, 0.2) is 0 Å². The molecule has 4 N–H and O–H groups in total. The first-order chi connectivity index (χ1) is 12.9. The van der Waals surface area contributed by atoms with Crippen molar-refractivity contribution in [1.29, 1.82) is 31.6 Å². The third-order valence-corrected chi connectivity index (χ3v) is 4.89. The van der Waals surface area contributed by atoms with Gasteiger partial charge in [-0.15, -0.1) is 0 Å². The zero-order valence-corrected chi connectivity index (χ0v) is 22.8. The quantitative estimate of drug-likeness (QED) is 0.187. The minimum absolute atomic E-state index is 0.